The first kappa shape index (κ1) is 22.2. The van der Waals surface area contributed by atoms with Crippen molar-refractivity contribution in [2.24, 2.45) is 0 Å². The van der Waals surface area contributed by atoms with Crippen LogP contribution < -0.4 is 5.32 Å². The number of anilines is 1. The fraction of sp³-hybridized carbons (Fsp3) is 0.174. The minimum absolute atomic E-state index is 0.301. The Morgan fingerprint density at radius 2 is 1.78 bits per heavy atom. The second-order valence-electron chi connectivity index (χ2n) is 7.25. The Hall–Kier alpha value is -3.04. The Kier molecular flexibility index (Phi) is 5.87. The molecule has 4 rings (SSSR count). The number of fused-ring (bicyclic) bond motifs is 1. The number of nitrogens with zero attached hydrogens (tertiary/aromatic N) is 2. The number of rotatable bonds is 6. The van der Waals surface area contributed by atoms with Gasteiger partial charge in [0, 0.05) is 16.0 Å². The number of aromatic nitrogens is 2. The van der Waals surface area contributed by atoms with E-state index in [1.165, 1.54) is 65.1 Å². The molecule has 4 nitrogen and oxygen atoms in total. The van der Waals surface area contributed by atoms with E-state index in [0.717, 1.165) is 4.90 Å². The summed E-state index contributed by atoms with van der Waals surface area (Å²) in [4.78, 5) is 0.889. The molecule has 32 heavy (non-hydrogen) atoms. The highest BCUT2D eigenvalue weighted by Crippen LogP contribution is 2.40. The highest BCUT2D eigenvalue weighted by molar-refractivity contribution is 7.98. The molecule has 3 aromatic carbocycles. The molecule has 1 aromatic heterocycles. The first-order chi connectivity index (χ1) is 15.2. The summed E-state index contributed by atoms with van der Waals surface area (Å²) >= 11 is 1.47. The number of hydrogen-bond acceptors (Lipinski definition) is 4. The number of thioether (sulfide) groups is 1. The molecule has 9 heteroatoms. The molecule has 1 heterocycles. The van der Waals surface area contributed by atoms with Gasteiger partial charge in [-0.1, -0.05) is 12.1 Å². The standard InChI is InChI=1S/C23H19F4N3OS/c1-32-20-4-2-3-18(12-20)28-14-22(31,23(25,26)27)16-5-10-21-15(11-16)13-29-30(21)19-8-6-17(24)7-9-19/h2-13,28,31H,14H2,1H3. The summed E-state index contributed by atoms with van der Waals surface area (Å²) in [7, 11) is 0. The molecule has 0 bridgehead atoms. The maximum absolute atomic E-state index is 14.0. The van der Waals surface area contributed by atoms with Crippen LogP contribution in [0.4, 0.5) is 23.2 Å². The lowest BCUT2D eigenvalue weighted by molar-refractivity contribution is -0.260. The maximum atomic E-state index is 14.0. The van der Waals surface area contributed by atoms with E-state index in [0.29, 0.717) is 22.3 Å². The van der Waals surface area contributed by atoms with E-state index in [1.807, 2.05) is 12.3 Å². The van der Waals surface area contributed by atoms with Crippen molar-refractivity contribution in [3.05, 3.63) is 84.3 Å². The second-order valence-corrected chi connectivity index (χ2v) is 8.13. The van der Waals surface area contributed by atoms with Crippen molar-refractivity contribution in [2.75, 3.05) is 18.1 Å². The predicted octanol–water partition coefficient (Wildman–Crippen LogP) is 5.75. The van der Waals surface area contributed by atoms with E-state index < -0.39 is 24.1 Å². The Morgan fingerprint density at radius 1 is 1.03 bits per heavy atom. The van der Waals surface area contributed by atoms with Crippen molar-refractivity contribution in [2.45, 2.75) is 16.7 Å². The lowest BCUT2D eigenvalue weighted by Crippen LogP contribution is -2.47. The molecule has 0 spiro atoms. The molecule has 0 radical (unpaired) electrons. The Bertz CT molecular complexity index is 1240. The maximum Gasteiger partial charge on any atom is 0.423 e. The monoisotopic (exact) mass is 461 g/mol. The van der Waals surface area contributed by atoms with Gasteiger partial charge >= 0.3 is 6.18 Å². The first-order valence-corrected chi connectivity index (χ1v) is 10.8. The quantitative estimate of drug-likeness (QED) is 0.284. The van der Waals surface area contributed by atoms with E-state index in [2.05, 4.69) is 10.4 Å². The molecule has 2 N–H and O–H groups in total. The molecule has 1 atom stereocenters. The van der Waals surface area contributed by atoms with Gasteiger partial charge in [0.05, 0.1) is 23.9 Å². The van der Waals surface area contributed by atoms with Gasteiger partial charge in [0.2, 0.25) is 5.60 Å². The fourth-order valence-corrected chi connectivity index (χ4v) is 3.87. The van der Waals surface area contributed by atoms with Crippen LogP contribution in [0, 0.1) is 5.82 Å². The molecule has 0 saturated heterocycles. The van der Waals surface area contributed by atoms with E-state index in [1.54, 1.807) is 18.2 Å². The fourth-order valence-electron chi connectivity index (χ4n) is 3.41. The molecule has 166 valence electrons. The third-order valence-corrected chi connectivity index (χ3v) is 5.93. The van der Waals surface area contributed by atoms with E-state index >= 15 is 0 Å². The van der Waals surface area contributed by atoms with Crippen LogP contribution in [0.5, 0.6) is 0 Å². The van der Waals surface area contributed by atoms with Gasteiger partial charge in [-0.2, -0.15) is 18.3 Å². The van der Waals surface area contributed by atoms with Crippen molar-refractivity contribution >= 4 is 28.4 Å². The van der Waals surface area contributed by atoms with E-state index in [4.69, 9.17) is 0 Å². The van der Waals surface area contributed by atoms with Crippen molar-refractivity contribution < 1.29 is 22.7 Å². The molecule has 1 unspecified atom stereocenters. The summed E-state index contributed by atoms with van der Waals surface area (Å²) in [5, 5.41) is 18.1. The van der Waals surface area contributed by atoms with Crippen molar-refractivity contribution in [3.8, 4) is 5.69 Å². The molecule has 0 aliphatic heterocycles. The van der Waals surface area contributed by atoms with Gasteiger partial charge in [-0.15, -0.1) is 11.8 Å². The highest BCUT2D eigenvalue weighted by Gasteiger charge is 2.55. The van der Waals surface area contributed by atoms with Gasteiger partial charge in [0.1, 0.15) is 5.82 Å². The number of nitrogens with one attached hydrogen (secondary N) is 1. The second kappa shape index (κ2) is 8.48. The molecule has 0 saturated carbocycles. The summed E-state index contributed by atoms with van der Waals surface area (Å²) < 4.78 is 56.7. The van der Waals surface area contributed by atoms with Crippen LogP contribution in [-0.2, 0) is 5.60 Å². The zero-order chi connectivity index (χ0) is 22.9. The number of aliphatic hydroxyl groups is 1. The summed E-state index contributed by atoms with van der Waals surface area (Å²) in [5.74, 6) is -0.404. The molecular formula is C23H19F4N3OS. The third-order valence-electron chi connectivity index (χ3n) is 5.20. The average Bonchev–Trinajstić information content (AvgIpc) is 3.20. The van der Waals surface area contributed by atoms with Crippen LogP contribution >= 0.6 is 11.8 Å². The van der Waals surface area contributed by atoms with Crippen molar-refractivity contribution in [1.29, 1.82) is 0 Å². The molecule has 0 aliphatic rings. The first-order valence-electron chi connectivity index (χ1n) is 9.62. The lowest BCUT2D eigenvalue weighted by Gasteiger charge is -2.31. The summed E-state index contributed by atoms with van der Waals surface area (Å²) in [6.45, 7) is -0.758. The van der Waals surface area contributed by atoms with Crippen LogP contribution in [0.2, 0.25) is 0 Å². The molecule has 0 amide bonds. The lowest BCUT2D eigenvalue weighted by atomic mass is 9.92. The zero-order valence-electron chi connectivity index (χ0n) is 16.9. The molecule has 0 aliphatic carbocycles. The smallest absolute Gasteiger partial charge is 0.381 e. The van der Waals surface area contributed by atoms with Gasteiger partial charge in [-0.25, -0.2) is 9.07 Å². The minimum Gasteiger partial charge on any atom is -0.381 e. The molecular weight excluding hydrogens is 442 g/mol. The van der Waals surface area contributed by atoms with Crippen molar-refractivity contribution in [1.82, 2.24) is 9.78 Å². The Morgan fingerprint density at radius 3 is 2.47 bits per heavy atom. The molecule has 0 fully saturated rings. The van der Waals surface area contributed by atoms with Crippen LogP contribution in [0.3, 0.4) is 0 Å². The number of benzene rings is 3. The number of halogens is 4. The van der Waals surface area contributed by atoms with Gasteiger partial charge < -0.3 is 10.4 Å². The Balaban J connectivity index is 1.68. The summed E-state index contributed by atoms with van der Waals surface area (Å²) in [6.07, 6.45) is -1.64. The molecule has 4 aromatic rings. The summed E-state index contributed by atoms with van der Waals surface area (Å²) in [6, 6.07) is 16.5. The van der Waals surface area contributed by atoms with Crippen LogP contribution in [0.1, 0.15) is 5.56 Å². The minimum atomic E-state index is -4.92. The number of hydrogen-bond donors (Lipinski definition) is 2. The van der Waals surface area contributed by atoms with Gasteiger partial charge in [-0.3, -0.25) is 0 Å². The van der Waals surface area contributed by atoms with E-state index in [-0.39, 0.29) is 5.56 Å². The highest BCUT2D eigenvalue weighted by atomic mass is 32.2. The normalized spacial score (nSPS) is 13.8. The third kappa shape index (κ3) is 4.18. The van der Waals surface area contributed by atoms with E-state index in [9.17, 15) is 22.7 Å². The van der Waals surface area contributed by atoms with Crippen LogP contribution in [-0.4, -0.2) is 33.9 Å². The topological polar surface area (TPSA) is 50.1 Å². The zero-order valence-corrected chi connectivity index (χ0v) is 17.7. The van der Waals surface area contributed by atoms with Gasteiger partial charge in [0.25, 0.3) is 0 Å². The van der Waals surface area contributed by atoms with Crippen molar-refractivity contribution in [3.63, 3.8) is 0 Å². The average molecular weight is 461 g/mol. The largest absolute Gasteiger partial charge is 0.423 e. The predicted molar refractivity (Wildman–Crippen MR) is 118 cm³/mol. The van der Waals surface area contributed by atoms with Crippen LogP contribution in [0.15, 0.2) is 77.8 Å². The SMILES string of the molecule is CSc1cccc(NCC(O)(c2ccc3c(cnn3-c3ccc(F)cc3)c2)C(F)(F)F)c1. The van der Waals surface area contributed by atoms with Gasteiger partial charge in [0.15, 0.2) is 0 Å². The number of alkyl halides is 3. The summed E-state index contributed by atoms with van der Waals surface area (Å²) in [5.41, 5.74) is -1.84. The Labute approximate surface area is 185 Å². The van der Waals surface area contributed by atoms with Gasteiger partial charge in [-0.05, 0) is 66.4 Å². The van der Waals surface area contributed by atoms with Crippen LogP contribution in [0.25, 0.3) is 16.6 Å².